The van der Waals surface area contributed by atoms with Crippen LogP contribution in [0.15, 0.2) is 29.3 Å². The molecule has 0 aliphatic heterocycles. The fourth-order valence-corrected chi connectivity index (χ4v) is 2.64. The molecular weight excluding hydrogens is 248 g/mol. The molecule has 2 aromatic rings. The van der Waals surface area contributed by atoms with E-state index in [4.69, 9.17) is 5.11 Å². The lowest BCUT2D eigenvalue weighted by atomic mass is 10.3. The highest BCUT2D eigenvalue weighted by Gasteiger charge is 2.13. The summed E-state index contributed by atoms with van der Waals surface area (Å²) in [6, 6.07) is 7.68. The van der Waals surface area contributed by atoms with Gasteiger partial charge >= 0.3 is 5.97 Å². The number of benzene rings is 1. The predicted molar refractivity (Wildman–Crippen MR) is 71.8 cm³/mol. The lowest BCUT2D eigenvalue weighted by Gasteiger charge is -2.10. The number of hydrogen-bond acceptors (Lipinski definition) is 4. The minimum absolute atomic E-state index is 0.0170. The molecule has 18 heavy (non-hydrogen) atoms. The van der Waals surface area contributed by atoms with Gasteiger partial charge in [-0.1, -0.05) is 19.1 Å². The third kappa shape index (κ3) is 2.98. The summed E-state index contributed by atoms with van der Waals surface area (Å²) in [5.41, 5.74) is 2.55. The van der Waals surface area contributed by atoms with Crippen molar-refractivity contribution >= 4 is 28.8 Å². The first-order valence-corrected chi connectivity index (χ1v) is 6.56. The molecule has 1 aromatic heterocycles. The Kier molecular flexibility index (Phi) is 3.81. The molecule has 0 amide bonds. The molecule has 1 N–H and O–H groups in total. The predicted octanol–water partition coefficient (Wildman–Crippen LogP) is 2.89. The maximum atomic E-state index is 10.6. The van der Waals surface area contributed by atoms with Crippen molar-refractivity contribution in [3.63, 3.8) is 0 Å². The first-order valence-electron chi connectivity index (χ1n) is 5.68. The molecule has 0 bridgehead atoms. The molecule has 2 rings (SSSR count). The number of rotatable bonds is 4. The van der Waals surface area contributed by atoms with E-state index in [-0.39, 0.29) is 11.7 Å². The van der Waals surface area contributed by atoms with Gasteiger partial charge in [0.1, 0.15) is 5.03 Å². The summed E-state index contributed by atoms with van der Waals surface area (Å²) >= 11 is 1.46. The van der Waals surface area contributed by atoms with Gasteiger partial charge in [0, 0.05) is 5.25 Å². The number of aromatic nitrogens is 2. The molecule has 0 spiro atoms. The second kappa shape index (κ2) is 5.35. The van der Waals surface area contributed by atoms with Gasteiger partial charge in [0.2, 0.25) is 0 Å². The fourth-order valence-electron chi connectivity index (χ4n) is 1.66. The highest BCUT2D eigenvalue weighted by molar-refractivity contribution is 7.99. The molecule has 0 radical (unpaired) electrons. The highest BCUT2D eigenvalue weighted by Crippen LogP contribution is 2.27. The van der Waals surface area contributed by atoms with Crippen molar-refractivity contribution in [3.05, 3.63) is 30.0 Å². The third-order valence-corrected chi connectivity index (χ3v) is 3.66. The molecule has 1 aromatic carbocycles. The van der Waals surface area contributed by atoms with Gasteiger partial charge in [-0.2, -0.15) is 0 Å². The van der Waals surface area contributed by atoms with Crippen LogP contribution in [0.25, 0.3) is 11.0 Å². The molecule has 1 atom stereocenters. The second-order valence-corrected chi connectivity index (χ2v) is 5.56. The van der Waals surface area contributed by atoms with Gasteiger partial charge in [-0.05, 0) is 19.1 Å². The van der Waals surface area contributed by atoms with E-state index in [0.29, 0.717) is 0 Å². The monoisotopic (exact) mass is 262 g/mol. The molecule has 0 saturated carbocycles. The Balaban J connectivity index is 2.27. The van der Waals surface area contributed by atoms with Crippen LogP contribution in [0.2, 0.25) is 0 Å². The van der Waals surface area contributed by atoms with Gasteiger partial charge in [0.15, 0.2) is 0 Å². The van der Waals surface area contributed by atoms with E-state index >= 15 is 0 Å². The average molecular weight is 262 g/mol. The van der Waals surface area contributed by atoms with E-state index in [1.54, 1.807) is 0 Å². The number of aliphatic carboxylic acids is 1. The van der Waals surface area contributed by atoms with E-state index in [1.165, 1.54) is 11.8 Å². The third-order valence-electron chi connectivity index (χ3n) is 2.48. The van der Waals surface area contributed by atoms with Crippen LogP contribution in [0.1, 0.15) is 19.0 Å². The minimum Gasteiger partial charge on any atom is -0.481 e. The molecule has 1 unspecified atom stereocenters. The molecule has 5 heteroatoms. The minimum atomic E-state index is -0.790. The first kappa shape index (κ1) is 12.8. The molecule has 0 saturated heterocycles. The van der Waals surface area contributed by atoms with Crippen molar-refractivity contribution in [2.75, 3.05) is 0 Å². The summed E-state index contributed by atoms with van der Waals surface area (Å²) in [6.07, 6.45) is 0.124. The Morgan fingerprint density at radius 3 is 2.56 bits per heavy atom. The van der Waals surface area contributed by atoms with Crippen molar-refractivity contribution < 1.29 is 9.90 Å². The van der Waals surface area contributed by atoms with Gasteiger partial charge < -0.3 is 5.11 Å². The Morgan fingerprint density at radius 1 is 1.33 bits per heavy atom. The molecule has 0 aliphatic carbocycles. The van der Waals surface area contributed by atoms with Crippen LogP contribution < -0.4 is 0 Å². The second-order valence-electron chi connectivity index (χ2n) is 4.13. The topological polar surface area (TPSA) is 63.1 Å². The Hall–Kier alpha value is -1.62. The fraction of sp³-hybridized carbons (Fsp3) is 0.308. The Labute approximate surface area is 109 Å². The summed E-state index contributed by atoms with van der Waals surface area (Å²) in [5, 5.41) is 9.54. The molecule has 4 nitrogen and oxygen atoms in total. The van der Waals surface area contributed by atoms with Gasteiger partial charge in [0.25, 0.3) is 0 Å². The molecule has 0 aliphatic rings. The smallest absolute Gasteiger partial charge is 0.304 e. The van der Waals surface area contributed by atoms with Crippen LogP contribution in [0.4, 0.5) is 0 Å². The van der Waals surface area contributed by atoms with Crippen molar-refractivity contribution in [1.82, 2.24) is 9.97 Å². The Bertz CT molecular complexity index is 586. The number of carboxylic acids is 1. The lowest BCUT2D eigenvalue weighted by molar-refractivity contribution is -0.136. The average Bonchev–Trinajstić information content (AvgIpc) is 2.29. The van der Waals surface area contributed by atoms with E-state index in [0.717, 1.165) is 21.8 Å². The van der Waals surface area contributed by atoms with E-state index in [1.807, 2.05) is 38.1 Å². The maximum absolute atomic E-state index is 10.6. The number of fused-ring (bicyclic) bond motifs is 1. The number of nitrogens with zero attached hydrogens (tertiary/aromatic N) is 2. The van der Waals surface area contributed by atoms with Crippen LogP contribution in [0.5, 0.6) is 0 Å². The van der Waals surface area contributed by atoms with Crippen LogP contribution >= 0.6 is 11.8 Å². The van der Waals surface area contributed by atoms with E-state index in [2.05, 4.69) is 9.97 Å². The number of hydrogen-bond donors (Lipinski definition) is 1. The van der Waals surface area contributed by atoms with Crippen LogP contribution in [0, 0.1) is 6.92 Å². The number of aryl methyl sites for hydroxylation is 1. The van der Waals surface area contributed by atoms with Gasteiger partial charge in [-0.3, -0.25) is 4.79 Å². The maximum Gasteiger partial charge on any atom is 0.304 e. The van der Waals surface area contributed by atoms with Gasteiger partial charge in [-0.25, -0.2) is 9.97 Å². The van der Waals surface area contributed by atoms with Gasteiger partial charge in [0.05, 0.1) is 23.1 Å². The van der Waals surface area contributed by atoms with Crippen molar-refractivity contribution in [1.29, 1.82) is 0 Å². The largest absolute Gasteiger partial charge is 0.481 e. The summed E-state index contributed by atoms with van der Waals surface area (Å²) in [5.74, 6) is -0.790. The van der Waals surface area contributed by atoms with Crippen molar-refractivity contribution in [2.24, 2.45) is 0 Å². The Morgan fingerprint density at radius 2 is 1.94 bits per heavy atom. The first-order chi connectivity index (χ1) is 8.56. The number of thioether (sulfide) groups is 1. The van der Waals surface area contributed by atoms with Crippen molar-refractivity contribution in [3.8, 4) is 0 Å². The molecular formula is C13H14N2O2S. The zero-order valence-corrected chi connectivity index (χ0v) is 11.1. The standard InChI is InChI=1S/C13H14N2O2S/c1-8(7-12(16)17)18-13-9(2)14-10-5-3-4-6-11(10)15-13/h3-6,8H,7H2,1-2H3,(H,16,17). The quantitative estimate of drug-likeness (QED) is 0.858. The highest BCUT2D eigenvalue weighted by atomic mass is 32.2. The van der Waals surface area contributed by atoms with E-state index < -0.39 is 5.97 Å². The van der Waals surface area contributed by atoms with Crippen molar-refractivity contribution in [2.45, 2.75) is 30.5 Å². The number of carbonyl (C=O) groups is 1. The molecule has 94 valence electrons. The van der Waals surface area contributed by atoms with Crippen LogP contribution in [-0.4, -0.2) is 26.3 Å². The number of para-hydroxylation sites is 2. The summed E-state index contributed by atoms with van der Waals surface area (Å²) < 4.78 is 0. The van der Waals surface area contributed by atoms with Crippen LogP contribution in [0.3, 0.4) is 0 Å². The normalized spacial score (nSPS) is 12.6. The van der Waals surface area contributed by atoms with Gasteiger partial charge in [-0.15, -0.1) is 11.8 Å². The number of carboxylic acid groups (broad SMARTS) is 1. The SMILES string of the molecule is Cc1nc2ccccc2nc1SC(C)CC(=O)O. The zero-order chi connectivity index (χ0) is 13.1. The lowest BCUT2D eigenvalue weighted by Crippen LogP contribution is -2.06. The summed E-state index contributed by atoms with van der Waals surface area (Å²) in [4.78, 5) is 19.7. The molecule has 0 fully saturated rings. The summed E-state index contributed by atoms with van der Waals surface area (Å²) in [6.45, 7) is 3.78. The zero-order valence-electron chi connectivity index (χ0n) is 10.3. The molecule has 1 heterocycles. The van der Waals surface area contributed by atoms with Crippen LogP contribution in [-0.2, 0) is 4.79 Å². The van der Waals surface area contributed by atoms with E-state index in [9.17, 15) is 4.79 Å². The summed E-state index contributed by atoms with van der Waals surface area (Å²) in [7, 11) is 0.